The Bertz CT molecular complexity index is 711. The normalized spacial score (nSPS) is 10.2. The van der Waals surface area contributed by atoms with Gasteiger partial charge in [0.25, 0.3) is 0 Å². The lowest BCUT2D eigenvalue weighted by Gasteiger charge is -2.21. The number of benzene rings is 1. The van der Waals surface area contributed by atoms with Crippen molar-refractivity contribution in [3.63, 3.8) is 0 Å². The fraction of sp³-hybridized carbons (Fsp3) is 0.333. The second-order valence-corrected chi connectivity index (χ2v) is 6.81. The van der Waals surface area contributed by atoms with Crippen LogP contribution in [0.2, 0.25) is 0 Å². The fourth-order valence-electron chi connectivity index (χ4n) is 1.93. The predicted molar refractivity (Wildman–Crippen MR) is 95.2 cm³/mol. The molecule has 2 N–H and O–H groups in total. The van der Waals surface area contributed by atoms with Crippen LogP contribution in [0.25, 0.3) is 0 Å². The second-order valence-electron chi connectivity index (χ2n) is 4.58. The predicted octanol–water partition coefficient (Wildman–Crippen LogP) is 2.56. The zero-order chi connectivity index (χ0) is 17.4. The molecular weight excluding hydrogens is 346 g/mol. The first-order chi connectivity index (χ1) is 11.6. The molecule has 0 radical (unpaired) electrons. The third-order valence-corrected chi connectivity index (χ3v) is 4.82. The first-order valence-electron chi connectivity index (χ1n) is 7.26. The molecule has 0 aliphatic carbocycles. The third-order valence-electron chi connectivity index (χ3n) is 2.95. The second kappa shape index (κ2) is 9.10. The van der Waals surface area contributed by atoms with Gasteiger partial charge in [-0.15, -0.1) is 10.2 Å². The Labute approximate surface area is 148 Å². The van der Waals surface area contributed by atoms with Gasteiger partial charge in [0.1, 0.15) is 5.75 Å². The van der Waals surface area contributed by atoms with Crippen LogP contribution in [-0.4, -0.2) is 35.0 Å². The Morgan fingerprint density at radius 2 is 2.17 bits per heavy atom. The van der Waals surface area contributed by atoms with E-state index in [4.69, 9.17) is 15.7 Å². The molecule has 0 spiro atoms. The summed E-state index contributed by atoms with van der Waals surface area (Å²) in [4.78, 5) is 14.1. The maximum atomic E-state index is 12.5. The maximum absolute atomic E-state index is 12.5. The highest BCUT2D eigenvalue weighted by Crippen LogP contribution is 2.25. The van der Waals surface area contributed by atoms with Gasteiger partial charge in [-0.05, 0) is 31.2 Å². The van der Waals surface area contributed by atoms with Gasteiger partial charge in [0.05, 0.1) is 24.8 Å². The summed E-state index contributed by atoms with van der Waals surface area (Å²) in [5.41, 5.74) is 6.26. The quantitative estimate of drug-likeness (QED) is 0.718. The number of nitrogens with two attached hydrogens (primary N) is 1. The number of aromatic nitrogens is 2. The molecule has 1 amide bonds. The number of rotatable bonds is 8. The largest absolute Gasteiger partial charge is 0.494 e. The highest BCUT2D eigenvalue weighted by molar-refractivity contribution is 8.01. The number of nitrogens with zero attached hydrogens (tertiary/aromatic N) is 4. The average Bonchev–Trinajstić information content (AvgIpc) is 3.00. The average molecular weight is 363 g/mol. The lowest BCUT2D eigenvalue weighted by Crippen LogP contribution is -2.33. The monoisotopic (exact) mass is 363 g/mol. The molecule has 1 heterocycles. The zero-order valence-electron chi connectivity index (χ0n) is 13.1. The van der Waals surface area contributed by atoms with Crippen LogP contribution in [0, 0.1) is 11.3 Å². The fourth-order valence-corrected chi connectivity index (χ4v) is 3.44. The highest BCUT2D eigenvalue weighted by atomic mass is 32.2. The van der Waals surface area contributed by atoms with E-state index >= 15 is 0 Å². The van der Waals surface area contributed by atoms with Crippen molar-refractivity contribution in [1.29, 1.82) is 5.26 Å². The highest BCUT2D eigenvalue weighted by Gasteiger charge is 2.17. The summed E-state index contributed by atoms with van der Waals surface area (Å²) in [5.74, 6) is 0.841. The van der Waals surface area contributed by atoms with Crippen molar-refractivity contribution in [3.8, 4) is 11.8 Å². The summed E-state index contributed by atoms with van der Waals surface area (Å²) in [6.45, 7) is 2.83. The van der Waals surface area contributed by atoms with Crippen LogP contribution in [0.5, 0.6) is 5.75 Å². The van der Waals surface area contributed by atoms with Gasteiger partial charge in [-0.1, -0.05) is 23.1 Å². The molecule has 0 bridgehead atoms. The number of amides is 1. The molecule has 7 nitrogen and oxygen atoms in total. The number of anilines is 2. The molecule has 1 aromatic heterocycles. The number of nitriles is 1. The van der Waals surface area contributed by atoms with Crippen LogP contribution in [-0.2, 0) is 4.79 Å². The third kappa shape index (κ3) is 5.11. The lowest BCUT2D eigenvalue weighted by molar-refractivity contribution is -0.116. The summed E-state index contributed by atoms with van der Waals surface area (Å²) in [5, 5.41) is 16.8. The van der Waals surface area contributed by atoms with E-state index in [-0.39, 0.29) is 18.1 Å². The smallest absolute Gasteiger partial charge is 0.237 e. The number of carbonyl (C=O) groups is 1. The molecule has 24 heavy (non-hydrogen) atoms. The van der Waals surface area contributed by atoms with E-state index in [9.17, 15) is 4.79 Å². The molecule has 0 saturated heterocycles. The van der Waals surface area contributed by atoms with Gasteiger partial charge in [-0.2, -0.15) is 5.26 Å². The summed E-state index contributed by atoms with van der Waals surface area (Å²) in [6, 6.07) is 9.32. The van der Waals surface area contributed by atoms with Crippen molar-refractivity contribution in [2.75, 3.05) is 29.5 Å². The van der Waals surface area contributed by atoms with E-state index in [1.165, 1.54) is 23.1 Å². The van der Waals surface area contributed by atoms with Crippen molar-refractivity contribution < 1.29 is 9.53 Å². The van der Waals surface area contributed by atoms with Gasteiger partial charge < -0.3 is 15.4 Å². The molecule has 0 saturated carbocycles. The first-order valence-corrected chi connectivity index (χ1v) is 9.06. The minimum absolute atomic E-state index is 0.104. The van der Waals surface area contributed by atoms with Gasteiger partial charge in [-0.25, -0.2) is 0 Å². The summed E-state index contributed by atoms with van der Waals surface area (Å²) in [6.07, 6.45) is 0.259. The van der Waals surface area contributed by atoms with Crippen molar-refractivity contribution in [1.82, 2.24) is 10.2 Å². The van der Waals surface area contributed by atoms with Crippen molar-refractivity contribution in [2.45, 2.75) is 17.7 Å². The van der Waals surface area contributed by atoms with Crippen LogP contribution in [0.15, 0.2) is 28.6 Å². The van der Waals surface area contributed by atoms with Crippen LogP contribution >= 0.6 is 23.1 Å². The van der Waals surface area contributed by atoms with E-state index in [0.717, 1.165) is 11.4 Å². The Morgan fingerprint density at radius 1 is 1.42 bits per heavy atom. The van der Waals surface area contributed by atoms with Crippen molar-refractivity contribution in [3.05, 3.63) is 24.3 Å². The number of hydrogen-bond donors (Lipinski definition) is 1. The van der Waals surface area contributed by atoms with Crippen LogP contribution in [0.1, 0.15) is 13.3 Å². The summed E-state index contributed by atoms with van der Waals surface area (Å²) >= 11 is 2.52. The van der Waals surface area contributed by atoms with Crippen LogP contribution in [0.3, 0.4) is 0 Å². The molecule has 126 valence electrons. The molecule has 0 aliphatic heterocycles. The Balaban J connectivity index is 2.05. The van der Waals surface area contributed by atoms with Gasteiger partial charge >= 0.3 is 0 Å². The molecule has 1 aromatic carbocycles. The number of hydrogen-bond acceptors (Lipinski definition) is 8. The van der Waals surface area contributed by atoms with Crippen LogP contribution in [0.4, 0.5) is 10.8 Å². The Hall–Kier alpha value is -2.31. The molecular formula is C15H17N5O2S2. The standard InChI is InChI=1S/C15H17N5O2S2/c1-2-22-12-6-4-11(5-7-12)20(9-3-8-16)13(21)10-23-15-19-18-14(17)24-15/h4-7H,2-3,9-10H2,1H3,(H2,17,18). The van der Waals surface area contributed by atoms with E-state index in [1.54, 1.807) is 4.90 Å². The topological polar surface area (TPSA) is 105 Å². The van der Waals surface area contributed by atoms with Gasteiger partial charge in [0.2, 0.25) is 11.0 Å². The lowest BCUT2D eigenvalue weighted by atomic mass is 10.2. The van der Waals surface area contributed by atoms with E-state index in [1.807, 2.05) is 31.2 Å². The van der Waals surface area contributed by atoms with E-state index < -0.39 is 0 Å². The minimum Gasteiger partial charge on any atom is -0.494 e. The summed E-state index contributed by atoms with van der Waals surface area (Å²) in [7, 11) is 0. The van der Waals surface area contributed by atoms with Crippen molar-refractivity contribution in [2.24, 2.45) is 0 Å². The van der Waals surface area contributed by atoms with Crippen LogP contribution < -0.4 is 15.4 Å². The van der Waals surface area contributed by atoms with E-state index in [2.05, 4.69) is 16.3 Å². The molecule has 9 heteroatoms. The van der Waals surface area contributed by atoms with Crippen molar-refractivity contribution >= 4 is 39.8 Å². The Morgan fingerprint density at radius 3 is 2.75 bits per heavy atom. The van der Waals surface area contributed by atoms with Gasteiger partial charge in [0.15, 0.2) is 4.34 Å². The molecule has 0 aliphatic rings. The SMILES string of the molecule is CCOc1ccc(N(CCC#N)C(=O)CSc2nnc(N)s2)cc1. The molecule has 0 atom stereocenters. The number of carbonyl (C=O) groups excluding carboxylic acids is 1. The van der Waals surface area contributed by atoms with E-state index in [0.29, 0.717) is 22.6 Å². The summed E-state index contributed by atoms with van der Waals surface area (Å²) < 4.78 is 6.05. The first kappa shape index (κ1) is 18.0. The van der Waals surface area contributed by atoms with Gasteiger partial charge in [0, 0.05) is 12.2 Å². The minimum atomic E-state index is -0.104. The number of ether oxygens (including phenoxy) is 1. The maximum Gasteiger partial charge on any atom is 0.237 e. The molecule has 2 aromatic rings. The van der Waals surface area contributed by atoms with Gasteiger partial charge in [-0.3, -0.25) is 4.79 Å². The number of thioether (sulfide) groups is 1. The zero-order valence-corrected chi connectivity index (χ0v) is 14.8. The molecule has 2 rings (SSSR count). The number of nitrogen functional groups attached to an aromatic ring is 1. The molecule has 0 fully saturated rings. The Kier molecular flexibility index (Phi) is 6.84. The molecule has 0 unspecified atom stereocenters.